The number of ether oxygens (including phenoxy) is 1. The average Bonchev–Trinajstić information content (AvgIpc) is 2.81. The van der Waals surface area contributed by atoms with Crippen LogP contribution in [0.3, 0.4) is 0 Å². The minimum absolute atomic E-state index is 0.214. The van der Waals surface area contributed by atoms with Crippen LogP contribution in [0.1, 0.15) is 23.6 Å². The van der Waals surface area contributed by atoms with Crippen LogP contribution in [0, 0.1) is 5.41 Å². The summed E-state index contributed by atoms with van der Waals surface area (Å²) in [4.78, 5) is 6.75. The zero-order valence-electron chi connectivity index (χ0n) is 16.4. The number of rotatable bonds is 3. The van der Waals surface area contributed by atoms with Crippen molar-refractivity contribution in [3.8, 4) is 5.75 Å². The summed E-state index contributed by atoms with van der Waals surface area (Å²) >= 11 is 0. The van der Waals surface area contributed by atoms with E-state index in [4.69, 9.17) is 15.1 Å². The molecule has 1 N–H and O–H groups in total. The third-order valence-electron chi connectivity index (χ3n) is 4.57. The summed E-state index contributed by atoms with van der Waals surface area (Å²) in [6.45, 7) is 6.79. The second-order valence-electron chi connectivity index (χ2n) is 6.51. The smallest absolute Gasteiger partial charge is 0.154 e. The maximum Gasteiger partial charge on any atom is 0.154 e. The Morgan fingerprint density at radius 2 is 1.93 bits per heavy atom. The molecule has 0 spiro atoms. The Hall–Kier alpha value is -3.40. The molecule has 142 valence electrons. The molecule has 3 rings (SSSR count). The van der Waals surface area contributed by atoms with Gasteiger partial charge in [-0.1, -0.05) is 67.3 Å². The van der Waals surface area contributed by atoms with Crippen molar-refractivity contribution < 1.29 is 4.74 Å². The highest BCUT2D eigenvalue weighted by molar-refractivity contribution is 6.11. The van der Waals surface area contributed by atoms with E-state index in [-0.39, 0.29) is 5.84 Å². The van der Waals surface area contributed by atoms with Gasteiger partial charge in [-0.15, -0.1) is 0 Å². The van der Waals surface area contributed by atoms with E-state index in [2.05, 4.69) is 13.5 Å². The van der Waals surface area contributed by atoms with Gasteiger partial charge in [-0.3, -0.25) is 5.41 Å². The van der Waals surface area contributed by atoms with Crippen LogP contribution < -0.4 is 4.74 Å². The number of aliphatic imine (C=N–C) groups is 1. The number of benzene rings is 2. The number of hydrogen-bond acceptors (Lipinski definition) is 2. The lowest BCUT2D eigenvalue weighted by atomic mass is 10.0. The highest BCUT2D eigenvalue weighted by Crippen LogP contribution is 2.27. The Kier molecular flexibility index (Phi) is 6.22. The summed E-state index contributed by atoms with van der Waals surface area (Å²) in [5.74, 6) is 2.27. The molecule has 1 aliphatic heterocycles. The quantitative estimate of drug-likeness (QED) is 0.612. The SMILES string of the molecule is C=C1/C=C\C=C/Cc2c(cccc2C(=N)N=C(c2ccccc2)N(C)CC)O1. The first-order chi connectivity index (χ1) is 13.6. The molecule has 0 radical (unpaired) electrons. The van der Waals surface area contributed by atoms with Gasteiger partial charge in [-0.2, -0.15) is 0 Å². The summed E-state index contributed by atoms with van der Waals surface area (Å²) in [6.07, 6.45) is 8.40. The first-order valence-corrected chi connectivity index (χ1v) is 9.36. The second kappa shape index (κ2) is 9.00. The second-order valence-corrected chi connectivity index (χ2v) is 6.51. The summed E-state index contributed by atoms with van der Waals surface area (Å²) in [5, 5.41) is 8.72. The number of amidine groups is 2. The highest BCUT2D eigenvalue weighted by Gasteiger charge is 2.16. The maximum atomic E-state index is 8.72. The lowest BCUT2D eigenvalue weighted by Crippen LogP contribution is -2.28. The van der Waals surface area contributed by atoms with Crippen LogP contribution in [0.2, 0.25) is 0 Å². The lowest BCUT2D eigenvalue weighted by molar-refractivity contribution is 0.442. The summed E-state index contributed by atoms with van der Waals surface area (Å²) in [7, 11) is 1.99. The van der Waals surface area contributed by atoms with Gasteiger partial charge in [0.05, 0.1) is 0 Å². The van der Waals surface area contributed by atoms with Crippen LogP contribution >= 0.6 is 0 Å². The van der Waals surface area contributed by atoms with Gasteiger partial charge in [-0.05, 0) is 25.5 Å². The predicted octanol–water partition coefficient (Wildman–Crippen LogP) is 4.97. The Balaban J connectivity index is 2.04. The van der Waals surface area contributed by atoms with Gasteiger partial charge in [0, 0.05) is 30.3 Å². The minimum atomic E-state index is 0.214. The molecule has 2 aromatic rings. The van der Waals surface area contributed by atoms with Crippen LogP contribution in [-0.4, -0.2) is 30.2 Å². The predicted molar refractivity (Wildman–Crippen MR) is 116 cm³/mol. The molecule has 28 heavy (non-hydrogen) atoms. The Morgan fingerprint density at radius 1 is 1.14 bits per heavy atom. The van der Waals surface area contributed by atoms with Crippen LogP contribution in [0.5, 0.6) is 5.75 Å². The van der Waals surface area contributed by atoms with Crippen LogP contribution in [0.15, 0.2) is 90.2 Å². The van der Waals surface area contributed by atoms with Crippen LogP contribution in [-0.2, 0) is 6.42 Å². The molecule has 0 bridgehead atoms. The van der Waals surface area contributed by atoms with Gasteiger partial charge in [0.2, 0.25) is 0 Å². The number of fused-ring (bicyclic) bond motifs is 1. The van der Waals surface area contributed by atoms with E-state index in [9.17, 15) is 0 Å². The molecule has 0 unspecified atom stereocenters. The molecule has 0 fully saturated rings. The highest BCUT2D eigenvalue weighted by atomic mass is 16.5. The van der Waals surface area contributed by atoms with Crippen molar-refractivity contribution in [3.63, 3.8) is 0 Å². The summed E-state index contributed by atoms with van der Waals surface area (Å²) < 4.78 is 5.89. The fourth-order valence-corrected chi connectivity index (χ4v) is 2.97. The van der Waals surface area contributed by atoms with E-state index in [1.807, 2.05) is 84.8 Å². The van der Waals surface area contributed by atoms with E-state index in [1.165, 1.54) is 0 Å². The molecule has 1 heterocycles. The lowest BCUT2D eigenvalue weighted by Gasteiger charge is -2.20. The van der Waals surface area contributed by atoms with Gasteiger partial charge in [-0.25, -0.2) is 4.99 Å². The van der Waals surface area contributed by atoms with Crippen molar-refractivity contribution in [3.05, 3.63) is 102 Å². The third-order valence-corrected chi connectivity index (χ3v) is 4.57. The van der Waals surface area contributed by atoms with Crippen molar-refractivity contribution in [2.75, 3.05) is 13.6 Å². The maximum absolute atomic E-state index is 8.72. The van der Waals surface area contributed by atoms with Gasteiger partial charge >= 0.3 is 0 Å². The van der Waals surface area contributed by atoms with Gasteiger partial charge in [0.1, 0.15) is 17.3 Å². The van der Waals surface area contributed by atoms with Crippen LogP contribution in [0.4, 0.5) is 0 Å². The molecule has 4 heteroatoms. The van der Waals surface area contributed by atoms with Crippen molar-refractivity contribution in [2.24, 2.45) is 4.99 Å². The molecule has 0 aromatic heterocycles. The molecule has 0 aliphatic carbocycles. The van der Waals surface area contributed by atoms with Gasteiger partial charge in [0.25, 0.3) is 0 Å². The monoisotopic (exact) mass is 371 g/mol. The van der Waals surface area contributed by atoms with Crippen molar-refractivity contribution >= 4 is 11.7 Å². The Labute approximate surface area is 166 Å². The molecule has 0 saturated carbocycles. The molecule has 4 nitrogen and oxygen atoms in total. The van der Waals surface area contributed by atoms with E-state index in [0.717, 1.165) is 29.1 Å². The fraction of sp³-hybridized carbons (Fsp3) is 0.167. The van der Waals surface area contributed by atoms with Gasteiger partial charge in [0.15, 0.2) is 5.84 Å². The number of hydrogen-bond donors (Lipinski definition) is 1. The van der Waals surface area contributed by atoms with Crippen molar-refractivity contribution in [1.29, 1.82) is 5.41 Å². The average molecular weight is 371 g/mol. The standard InChI is InChI=1S/C24H25N3O/c1-4-27(3)24(19-13-8-6-9-14-19)26-23(25)21-16-11-17-22-20(21)15-10-5-7-12-18(2)28-22/h5-14,16-17,25H,2,4,15H2,1,3H3/b10-5-,12-7-,25-23?,26-24?. The normalized spacial score (nSPS) is 16.1. The molecule has 0 amide bonds. The zero-order chi connectivity index (χ0) is 19.9. The number of allylic oxidation sites excluding steroid dienone is 4. The Bertz CT molecular complexity index is 955. The molecule has 1 aliphatic rings. The van der Waals surface area contributed by atoms with Gasteiger partial charge < -0.3 is 9.64 Å². The first kappa shape index (κ1) is 19.4. The third kappa shape index (κ3) is 4.46. The largest absolute Gasteiger partial charge is 0.458 e. The molecule has 2 aromatic carbocycles. The number of nitrogens with zero attached hydrogens (tertiary/aromatic N) is 2. The molecule has 0 saturated heterocycles. The van der Waals surface area contributed by atoms with E-state index in [0.29, 0.717) is 17.9 Å². The summed E-state index contributed by atoms with van der Waals surface area (Å²) in [5.41, 5.74) is 2.68. The fourth-order valence-electron chi connectivity index (χ4n) is 2.97. The Morgan fingerprint density at radius 3 is 2.68 bits per heavy atom. The number of nitrogens with one attached hydrogen (secondary N) is 1. The van der Waals surface area contributed by atoms with Crippen molar-refractivity contribution in [2.45, 2.75) is 13.3 Å². The first-order valence-electron chi connectivity index (χ1n) is 9.36. The molecule has 0 atom stereocenters. The van der Waals surface area contributed by atoms with Crippen LogP contribution in [0.25, 0.3) is 0 Å². The van der Waals surface area contributed by atoms with Crippen molar-refractivity contribution in [1.82, 2.24) is 4.90 Å². The summed E-state index contributed by atoms with van der Waals surface area (Å²) in [6, 6.07) is 15.7. The zero-order valence-corrected chi connectivity index (χ0v) is 16.4. The minimum Gasteiger partial charge on any atom is -0.458 e. The molecular formula is C24H25N3O. The van der Waals surface area contributed by atoms with E-state index >= 15 is 0 Å². The topological polar surface area (TPSA) is 48.7 Å². The van der Waals surface area contributed by atoms with E-state index < -0.39 is 0 Å². The van der Waals surface area contributed by atoms with E-state index in [1.54, 1.807) is 0 Å². The molecular weight excluding hydrogens is 346 g/mol.